The molecule has 1 heterocycles. The van der Waals surface area contributed by atoms with Crippen molar-refractivity contribution in [3.05, 3.63) is 0 Å². The van der Waals surface area contributed by atoms with Crippen molar-refractivity contribution in [3.8, 4) is 0 Å². The highest BCUT2D eigenvalue weighted by Gasteiger charge is 2.30. The van der Waals surface area contributed by atoms with Crippen LogP contribution in [0, 0.1) is 11.8 Å². The van der Waals surface area contributed by atoms with Crippen LogP contribution < -0.4 is 10.6 Å². The molecule has 1 aliphatic carbocycles. The smallest absolute Gasteiger partial charge is 0.225 e. The Balaban J connectivity index is 1.82. The molecule has 0 bridgehead atoms. The maximum atomic E-state index is 11.8. The minimum Gasteiger partial charge on any atom is -0.353 e. The fourth-order valence-electron chi connectivity index (χ4n) is 2.66. The van der Waals surface area contributed by atoms with Crippen LogP contribution in [-0.4, -0.2) is 25.0 Å². The van der Waals surface area contributed by atoms with Crippen molar-refractivity contribution in [3.63, 3.8) is 0 Å². The molecule has 3 nitrogen and oxygen atoms in total. The molecule has 1 saturated heterocycles. The standard InChI is InChI=1S/C12H22N2O/c1-2-9-5-3-4-6-11(9)14-12(15)10-7-13-8-10/h9-11,13H,2-8H2,1H3,(H,14,15). The molecule has 1 amide bonds. The molecule has 0 spiro atoms. The second kappa shape index (κ2) is 4.97. The predicted molar refractivity (Wildman–Crippen MR) is 60.5 cm³/mol. The van der Waals surface area contributed by atoms with Gasteiger partial charge in [0.2, 0.25) is 5.91 Å². The zero-order valence-electron chi connectivity index (χ0n) is 9.59. The van der Waals surface area contributed by atoms with Gasteiger partial charge in [-0.1, -0.05) is 26.2 Å². The number of carbonyl (C=O) groups is 1. The largest absolute Gasteiger partial charge is 0.353 e. The quantitative estimate of drug-likeness (QED) is 0.737. The highest BCUT2D eigenvalue weighted by Crippen LogP contribution is 2.27. The highest BCUT2D eigenvalue weighted by molar-refractivity contribution is 5.80. The summed E-state index contributed by atoms with van der Waals surface area (Å²) in [6.45, 7) is 3.98. The van der Waals surface area contributed by atoms with Gasteiger partial charge in [0.1, 0.15) is 0 Å². The molecule has 3 heteroatoms. The summed E-state index contributed by atoms with van der Waals surface area (Å²) in [5, 5.41) is 6.39. The fraction of sp³-hybridized carbons (Fsp3) is 0.917. The van der Waals surface area contributed by atoms with Crippen LogP contribution in [0.3, 0.4) is 0 Å². The molecule has 0 aromatic rings. The van der Waals surface area contributed by atoms with Gasteiger partial charge in [-0.05, 0) is 18.8 Å². The topological polar surface area (TPSA) is 41.1 Å². The van der Waals surface area contributed by atoms with E-state index >= 15 is 0 Å². The molecule has 2 unspecified atom stereocenters. The Bertz CT molecular complexity index is 226. The summed E-state index contributed by atoms with van der Waals surface area (Å²) in [7, 11) is 0. The minimum atomic E-state index is 0.240. The van der Waals surface area contributed by atoms with Gasteiger partial charge in [0, 0.05) is 19.1 Å². The highest BCUT2D eigenvalue weighted by atomic mass is 16.2. The maximum Gasteiger partial charge on any atom is 0.225 e. The molecule has 2 fully saturated rings. The van der Waals surface area contributed by atoms with Gasteiger partial charge in [0.15, 0.2) is 0 Å². The van der Waals surface area contributed by atoms with Gasteiger partial charge in [-0.15, -0.1) is 0 Å². The third-order valence-corrected chi connectivity index (χ3v) is 3.91. The SMILES string of the molecule is CCC1CCCCC1NC(=O)C1CNC1. The zero-order chi connectivity index (χ0) is 10.7. The lowest BCUT2D eigenvalue weighted by Gasteiger charge is -2.34. The Morgan fingerprint density at radius 3 is 2.67 bits per heavy atom. The van der Waals surface area contributed by atoms with E-state index in [1.165, 1.54) is 32.1 Å². The van der Waals surface area contributed by atoms with Crippen LogP contribution in [0.25, 0.3) is 0 Å². The molecule has 86 valence electrons. The van der Waals surface area contributed by atoms with E-state index in [1.807, 2.05) is 0 Å². The first kappa shape index (κ1) is 10.9. The monoisotopic (exact) mass is 210 g/mol. The van der Waals surface area contributed by atoms with Crippen LogP contribution in [0.5, 0.6) is 0 Å². The predicted octanol–water partition coefficient (Wildman–Crippen LogP) is 1.29. The molecular formula is C12H22N2O. The van der Waals surface area contributed by atoms with Gasteiger partial charge in [0.05, 0.1) is 5.92 Å². The summed E-state index contributed by atoms with van der Waals surface area (Å²) in [5.41, 5.74) is 0. The van der Waals surface area contributed by atoms with Gasteiger partial charge < -0.3 is 10.6 Å². The summed E-state index contributed by atoms with van der Waals surface area (Å²) in [5.74, 6) is 1.24. The van der Waals surface area contributed by atoms with E-state index in [9.17, 15) is 4.79 Å². The van der Waals surface area contributed by atoms with Gasteiger partial charge in [-0.3, -0.25) is 4.79 Å². The number of hydrogen-bond acceptors (Lipinski definition) is 2. The first-order valence-corrected chi connectivity index (χ1v) is 6.32. The van der Waals surface area contributed by atoms with Gasteiger partial charge in [0.25, 0.3) is 0 Å². The first-order chi connectivity index (χ1) is 7.31. The van der Waals surface area contributed by atoms with E-state index in [0.717, 1.165) is 19.0 Å². The van der Waals surface area contributed by atoms with Crippen molar-refractivity contribution in [2.75, 3.05) is 13.1 Å². The van der Waals surface area contributed by atoms with Crippen LogP contribution in [0.2, 0.25) is 0 Å². The van der Waals surface area contributed by atoms with E-state index in [1.54, 1.807) is 0 Å². The molecule has 1 aliphatic heterocycles. The number of carbonyl (C=O) groups excluding carboxylic acids is 1. The Morgan fingerprint density at radius 1 is 1.33 bits per heavy atom. The lowest BCUT2D eigenvalue weighted by Crippen LogP contribution is -2.54. The fourth-order valence-corrected chi connectivity index (χ4v) is 2.66. The minimum absolute atomic E-state index is 0.240. The van der Waals surface area contributed by atoms with Crippen molar-refractivity contribution in [2.24, 2.45) is 11.8 Å². The Morgan fingerprint density at radius 2 is 2.07 bits per heavy atom. The van der Waals surface area contributed by atoms with Gasteiger partial charge in [-0.25, -0.2) is 0 Å². The average Bonchev–Trinajstić information content (AvgIpc) is 2.15. The third-order valence-electron chi connectivity index (χ3n) is 3.91. The second-order valence-corrected chi connectivity index (χ2v) is 4.92. The van der Waals surface area contributed by atoms with Crippen LogP contribution in [-0.2, 0) is 4.79 Å². The van der Waals surface area contributed by atoms with Crippen molar-refractivity contribution in [1.29, 1.82) is 0 Å². The Hall–Kier alpha value is -0.570. The summed E-state index contributed by atoms with van der Waals surface area (Å²) < 4.78 is 0. The molecule has 1 saturated carbocycles. The van der Waals surface area contributed by atoms with Crippen molar-refractivity contribution in [2.45, 2.75) is 45.1 Å². The molecule has 2 rings (SSSR count). The van der Waals surface area contributed by atoms with Gasteiger partial charge >= 0.3 is 0 Å². The molecule has 0 aromatic carbocycles. The lowest BCUT2D eigenvalue weighted by molar-refractivity contribution is -0.127. The number of rotatable bonds is 3. The van der Waals surface area contributed by atoms with Crippen molar-refractivity contribution < 1.29 is 4.79 Å². The average molecular weight is 210 g/mol. The first-order valence-electron chi connectivity index (χ1n) is 6.32. The second-order valence-electron chi connectivity index (χ2n) is 4.92. The number of hydrogen-bond donors (Lipinski definition) is 2. The van der Waals surface area contributed by atoms with Crippen molar-refractivity contribution in [1.82, 2.24) is 10.6 Å². The molecular weight excluding hydrogens is 188 g/mol. The molecule has 2 aliphatic rings. The molecule has 2 N–H and O–H groups in total. The molecule has 15 heavy (non-hydrogen) atoms. The van der Waals surface area contributed by atoms with E-state index < -0.39 is 0 Å². The van der Waals surface area contributed by atoms with E-state index in [4.69, 9.17) is 0 Å². The Kier molecular flexibility index (Phi) is 3.62. The van der Waals surface area contributed by atoms with Crippen LogP contribution in [0.1, 0.15) is 39.0 Å². The van der Waals surface area contributed by atoms with Crippen LogP contribution in [0.15, 0.2) is 0 Å². The molecule has 0 radical (unpaired) electrons. The number of amides is 1. The lowest BCUT2D eigenvalue weighted by atomic mass is 9.82. The molecule has 0 aromatic heterocycles. The van der Waals surface area contributed by atoms with E-state index in [2.05, 4.69) is 17.6 Å². The third kappa shape index (κ3) is 2.51. The van der Waals surface area contributed by atoms with Crippen LogP contribution in [0.4, 0.5) is 0 Å². The number of nitrogens with one attached hydrogen (secondary N) is 2. The van der Waals surface area contributed by atoms with Crippen molar-refractivity contribution >= 4 is 5.91 Å². The summed E-state index contributed by atoms with van der Waals surface area (Å²) in [4.78, 5) is 11.8. The summed E-state index contributed by atoms with van der Waals surface area (Å²) in [6.07, 6.45) is 6.31. The normalized spacial score (nSPS) is 32.1. The van der Waals surface area contributed by atoms with Gasteiger partial charge in [-0.2, -0.15) is 0 Å². The summed E-state index contributed by atoms with van der Waals surface area (Å²) >= 11 is 0. The summed E-state index contributed by atoms with van der Waals surface area (Å²) in [6, 6.07) is 0.455. The van der Waals surface area contributed by atoms with E-state index in [-0.39, 0.29) is 11.8 Å². The maximum absolute atomic E-state index is 11.8. The Labute approximate surface area is 92.0 Å². The molecule has 2 atom stereocenters. The van der Waals surface area contributed by atoms with Crippen LogP contribution >= 0.6 is 0 Å². The van der Waals surface area contributed by atoms with E-state index in [0.29, 0.717) is 6.04 Å². The zero-order valence-corrected chi connectivity index (χ0v) is 9.59.